The van der Waals surface area contributed by atoms with Gasteiger partial charge in [0.15, 0.2) is 0 Å². The molecule has 0 aromatic carbocycles. The Labute approximate surface area is 99.0 Å². The van der Waals surface area contributed by atoms with Crippen LogP contribution in [-0.2, 0) is 11.3 Å². The van der Waals surface area contributed by atoms with Crippen molar-refractivity contribution < 1.29 is 19.1 Å². The number of furan rings is 1. The van der Waals surface area contributed by atoms with Crippen molar-refractivity contribution in [2.45, 2.75) is 26.4 Å². The van der Waals surface area contributed by atoms with Crippen LogP contribution in [0.3, 0.4) is 0 Å². The fourth-order valence-electron chi connectivity index (χ4n) is 1.26. The Morgan fingerprint density at radius 3 is 2.76 bits per heavy atom. The average molecular weight is 240 g/mol. The summed E-state index contributed by atoms with van der Waals surface area (Å²) < 4.78 is 5.04. The first kappa shape index (κ1) is 13.2. The molecule has 0 aliphatic carbocycles. The van der Waals surface area contributed by atoms with Crippen molar-refractivity contribution in [3.05, 3.63) is 23.7 Å². The average Bonchev–Trinajstić information content (AvgIpc) is 2.75. The van der Waals surface area contributed by atoms with E-state index in [1.165, 1.54) is 12.3 Å². The number of nitrogens with one attached hydrogen (secondary N) is 2. The third kappa shape index (κ3) is 3.92. The maximum absolute atomic E-state index is 11.4. The molecule has 0 fully saturated rings. The van der Waals surface area contributed by atoms with Crippen molar-refractivity contribution in [3.63, 3.8) is 0 Å². The second-order valence-electron chi connectivity index (χ2n) is 3.60. The molecular weight excluding hydrogens is 224 g/mol. The van der Waals surface area contributed by atoms with E-state index in [9.17, 15) is 9.59 Å². The van der Waals surface area contributed by atoms with Crippen LogP contribution in [-0.4, -0.2) is 29.6 Å². The zero-order chi connectivity index (χ0) is 12.8. The Balaban J connectivity index is 2.44. The summed E-state index contributed by atoms with van der Waals surface area (Å²) >= 11 is 0. The second kappa shape index (κ2) is 6.05. The van der Waals surface area contributed by atoms with Gasteiger partial charge in [0, 0.05) is 6.54 Å². The van der Waals surface area contributed by atoms with Crippen LogP contribution in [0.25, 0.3) is 0 Å². The number of carboxylic acid groups (broad SMARTS) is 1. The van der Waals surface area contributed by atoms with Gasteiger partial charge in [-0.2, -0.15) is 0 Å². The molecule has 1 aromatic heterocycles. The summed E-state index contributed by atoms with van der Waals surface area (Å²) in [6.07, 6.45) is 1.18. The fourth-order valence-corrected chi connectivity index (χ4v) is 1.26. The summed E-state index contributed by atoms with van der Waals surface area (Å²) in [6, 6.07) is 1.08. The second-order valence-corrected chi connectivity index (χ2v) is 3.60. The summed E-state index contributed by atoms with van der Waals surface area (Å²) in [7, 11) is 0. The molecule has 1 amide bonds. The fraction of sp³-hybridized carbons (Fsp3) is 0.455. The molecule has 1 atom stereocenters. The standard InChI is InChI=1S/C11H16N2O4/c1-3-12-10(14)7(2)13-5-9-4-8(6-17-9)11(15)16/h4,6-7,13H,3,5H2,1-2H3,(H,12,14)(H,15,16). The number of likely N-dealkylation sites (N-methyl/N-ethyl adjacent to an activating group) is 1. The van der Waals surface area contributed by atoms with Crippen molar-refractivity contribution in [3.8, 4) is 0 Å². The van der Waals surface area contributed by atoms with Crippen LogP contribution in [0.4, 0.5) is 0 Å². The van der Waals surface area contributed by atoms with Gasteiger partial charge in [-0.25, -0.2) is 4.79 Å². The number of aromatic carboxylic acids is 1. The Morgan fingerprint density at radius 2 is 2.24 bits per heavy atom. The van der Waals surface area contributed by atoms with E-state index in [2.05, 4.69) is 10.6 Å². The van der Waals surface area contributed by atoms with Gasteiger partial charge in [-0.05, 0) is 19.9 Å². The summed E-state index contributed by atoms with van der Waals surface area (Å²) in [5.74, 6) is -0.646. The van der Waals surface area contributed by atoms with E-state index in [0.29, 0.717) is 18.8 Å². The van der Waals surface area contributed by atoms with Gasteiger partial charge in [-0.3, -0.25) is 10.1 Å². The summed E-state index contributed by atoms with van der Waals surface area (Å²) in [6.45, 7) is 4.46. The maximum atomic E-state index is 11.4. The molecule has 0 aliphatic rings. The minimum Gasteiger partial charge on any atom is -0.478 e. The van der Waals surface area contributed by atoms with E-state index < -0.39 is 5.97 Å². The van der Waals surface area contributed by atoms with E-state index in [1.54, 1.807) is 6.92 Å². The minimum absolute atomic E-state index is 0.0995. The molecule has 0 spiro atoms. The molecule has 0 saturated heterocycles. The molecule has 1 heterocycles. The van der Waals surface area contributed by atoms with Gasteiger partial charge in [0.1, 0.15) is 12.0 Å². The first-order chi connectivity index (χ1) is 8.04. The van der Waals surface area contributed by atoms with Gasteiger partial charge in [-0.1, -0.05) is 0 Å². The lowest BCUT2D eigenvalue weighted by molar-refractivity contribution is -0.122. The van der Waals surface area contributed by atoms with Crippen molar-refractivity contribution >= 4 is 11.9 Å². The number of hydrogen-bond donors (Lipinski definition) is 3. The normalized spacial score (nSPS) is 12.1. The smallest absolute Gasteiger partial charge is 0.338 e. The Kier molecular flexibility index (Phi) is 4.71. The van der Waals surface area contributed by atoms with Gasteiger partial charge < -0.3 is 14.8 Å². The first-order valence-corrected chi connectivity index (χ1v) is 5.36. The quantitative estimate of drug-likeness (QED) is 0.677. The van der Waals surface area contributed by atoms with Gasteiger partial charge in [0.2, 0.25) is 5.91 Å². The predicted octanol–water partition coefficient (Wildman–Crippen LogP) is 0.592. The summed E-state index contributed by atoms with van der Waals surface area (Å²) in [5, 5.41) is 14.3. The zero-order valence-corrected chi connectivity index (χ0v) is 9.82. The van der Waals surface area contributed by atoms with Crippen LogP contribution in [0.2, 0.25) is 0 Å². The van der Waals surface area contributed by atoms with E-state index in [0.717, 1.165) is 0 Å². The van der Waals surface area contributed by atoms with Crippen LogP contribution in [0, 0.1) is 0 Å². The van der Waals surface area contributed by atoms with Crippen LogP contribution in [0.15, 0.2) is 16.7 Å². The highest BCUT2D eigenvalue weighted by molar-refractivity contribution is 5.87. The lowest BCUT2D eigenvalue weighted by Gasteiger charge is -2.11. The Bertz CT molecular complexity index is 400. The third-order valence-corrected chi connectivity index (χ3v) is 2.23. The highest BCUT2D eigenvalue weighted by atomic mass is 16.4. The van der Waals surface area contributed by atoms with Crippen LogP contribution in [0.5, 0.6) is 0 Å². The number of amides is 1. The molecule has 0 radical (unpaired) electrons. The Morgan fingerprint density at radius 1 is 1.53 bits per heavy atom. The highest BCUT2D eigenvalue weighted by Crippen LogP contribution is 2.07. The Hall–Kier alpha value is -1.82. The lowest BCUT2D eigenvalue weighted by atomic mass is 10.3. The maximum Gasteiger partial charge on any atom is 0.338 e. The molecule has 6 nitrogen and oxygen atoms in total. The van der Waals surface area contributed by atoms with Crippen molar-refractivity contribution in [1.82, 2.24) is 10.6 Å². The largest absolute Gasteiger partial charge is 0.478 e. The van der Waals surface area contributed by atoms with E-state index in [1.807, 2.05) is 6.92 Å². The highest BCUT2D eigenvalue weighted by Gasteiger charge is 2.13. The lowest BCUT2D eigenvalue weighted by Crippen LogP contribution is -2.41. The first-order valence-electron chi connectivity index (χ1n) is 5.36. The molecular formula is C11H16N2O4. The van der Waals surface area contributed by atoms with Crippen LogP contribution in [0.1, 0.15) is 30.0 Å². The van der Waals surface area contributed by atoms with Crippen LogP contribution < -0.4 is 10.6 Å². The number of rotatable bonds is 6. The van der Waals surface area contributed by atoms with Crippen molar-refractivity contribution in [2.24, 2.45) is 0 Å². The molecule has 1 unspecified atom stereocenters. The van der Waals surface area contributed by atoms with E-state index in [4.69, 9.17) is 9.52 Å². The predicted molar refractivity (Wildman–Crippen MR) is 60.7 cm³/mol. The number of hydrogen-bond acceptors (Lipinski definition) is 4. The zero-order valence-electron chi connectivity index (χ0n) is 9.82. The SMILES string of the molecule is CCNC(=O)C(C)NCc1cc(C(=O)O)co1. The molecule has 3 N–H and O–H groups in total. The number of carbonyl (C=O) groups is 2. The number of carbonyl (C=O) groups excluding carboxylic acids is 1. The summed E-state index contributed by atoms with van der Waals surface area (Å²) in [4.78, 5) is 22.0. The van der Waals surface area contributed by atoms with E-state index >= 15 is 0 Å². The molecule has 94 valence electrons. The molecule has 1 rings (SSSR count). The monoisotopic (exact) mass is 240 g/mol. The number of carboxylic acids is 1. The van der Waals surface area contributed by atoms with Crippen molar-refractivity contribution in [1.29, 1.82) is 0 Å². The van der Waals surface area contributed by atoms with E-state index in [-0.39, 0.29) is 17.5 Å². The molecule has 6 heteroatoms. The van der Waals surface area contributed by atoms with Gasteiger partial charge in [0.25, 0.3) is 0 Å². The summed E-state index contributed by atoms with van der Waals surface area (Å²) in [5.41, 5.74) is 0.104. The van der Waals surface area contributed by atoms with Crippen molar-refractivity contribution in [2.75, 3.05) is 6.54 Å². The molecule has 0 saturated carbocycles. The molecule has 0 aliphatic heterocycles. The van der Waals surface area contributed by atoms with Gasteiger partial charge in [-0.15, -0.1) is 0 Å². The topological polar surface area (TPSA) is 91.6 Å². The third-order valence-electron chi connectivity index (χ3n) is 2.23. The van der Waals surface area contributed by atoms with Gasteiger partial charge >= 0.3 is 5.97 Å². The molecule has 1 aromatic rings. The van der Waals surface area contributed by atoms with Crippen LogP contribution >= 0.6 is 0 Å². The minimum atomic E-state index is -1.03. The molecule has 17 heavy (non-hydrogen) atoms. The van der Waals surface area contributed by atoms with Gasteiger partial charge in [0.05, 0.1) is 18.2 Å². The molecule has 0 bridgehead atoms.